The van der Waals surface area contributed by atoms with Crippen LogP contribution in [0.4, 0.5) is 0 Å². The van der Waals surface area contributed by atoms with Crippen molar-refractivity contribution in [3.8, 4) is 5.75 Å². The molecule has 2 aromatic rings. The maximum absolute atomic E-state index is 12.9. The lowest BCUT2D eigenvalue weighted by Gasteiger charge is -2.29. The van der Waals surface area contributed by atoms with Gasteiger partial charge in [0, 0.05) is 25.2 Å². The van der Waals surface area contributed by atoms with Gasteiger partial charge in [0.15, 0.2) is 0 Å². The minimum atomic E-state index is -3.58. The summed E-state index contributed by atoms with van der Waals surface area (Å²) in [4.78, 5) is 12.7. The van der Waals surface area contributed by atoms with Crippen molar-refractivity contribution in [2.24, 2.45) is 5.92 Å². The zero-order valence-electron chi connectivity index (χ0n) is 16.2. The Morgan fingerprint density at radius 1 is 1.14 bits per heavy atom. The molecule has 1 aliphatic heterocycles. The quantitative estimate of drug-likeness (QED) is 0.806. The first-order chi connectivity index (χ1) is 13.4. The summed E-state index contributed by atoms with van der Waals surface area (Å²) in [5, 5.41) is 2.83. The maximum atomic E-state index is 12.9. The highest BCUT2D eigenvalue weighted by Crippen LogP contribution is 2.24. The van der Waals surface area contributed by atoms with Crippen LogP contribution in [-0.4, -0.2) is 38.8 Å². The van der Waals surface area contributed by atoms with Crippen LogP contribution in [0.25, 0.3) is 0 Å². The molecule has 1 aliphatic rings. The number of methoxy groups -OCH3 is 1. The number of nitrogens with one attached hydrogen (secondary N) is 1. The van der Waals surface area contributed by atoms with Gasteiger partial charge in [-0.15, -0.1) is 0 Å². The van der Waals surface area contributed by atoms with Gasteiger partial charge in [0.1, 0.15) is 5.75 Å². The lowest BCUT2D eigenvalue weighted by atomic mass is 10.0. The number of carbonyl (C=O) groups excluding carboxylic acids is 1. The molecule has 0 aromatic heterocycles. The zero-order valence-corrected chi connectivity index (χ0v) is 17.0. The van der Waals surface area contributed by atoms with E-state index in [9.17, 15) is 13.2 Å². The average Bonchev–Trinajstić information content (AvgIpc) is 2.72. The van der Waals surface area contributed by atoms with E-state index in [0.717, 1.165) is 24.2 Å². The van der Waals surface area contributed by atoms with Crippen molar-refractivity contribution in [2.75, 3.05) is 20.2 Å². The number of carbonyl (C=O) groups is 1. The number of piperidine rings is 1. The topological polar surface area (TPSA) is 75.7 Å². The SMILES string of the molecule is COc1cccc(CNC(=O)c2cccc(S(=O)(=O)N3CCC(C)CC3)c2)c1. The molecule has 28 heavy (non-hydrogen) atoms. The van der Waals surface area contributed by atoms with Gasteiger partial charge in [-0.25, -0.2) is 8.42 Å². The van der Waals surface area contributed by atoms with Crippen molar-refractivity contribution in [3.63, 3.8) is 0 Å². The van der Waals surface area contributed by atoms with Gasteiger partial charge in [0.25, 0.3) is 5.91 Å². The molecule has 1 saturated heterocycles. The molecule has 1 N–H and O–H groups in total. The Balaban J connectivity index is 1.70. The number of ether oxygens (including phenoxy) is 1. The number of hydrogen-bond donors (Lipinski definition) is 1. The Morgan fingerprint density at radius 3 is 2.57 bits per heavy atom. The molecule has 0 unspecified atom stereocenters. The predicted molar refractivity (Wildman–Crippen MR) is 108 cm³/mol. The summed E-state index contributed by atoms with van der Waals surface area (Å²) in [6.07, 6.45) is 1.72. The molecule has 1 fully saturated rings. The second-order valence-electron chi connectivity index (χ2n) is 7.15. The molecule has 1 heterocycles. The molecule has 0 atom stereocenters. The van der Waals surface area contributed by atoms with Crippen LogP contribution in [0.5, 0.6) is 5.75 Å². The third kappa shape index (κ3) is 4.72. The van der Waals surface area contributed by atoms with Crippen molar-refractivity contribution < 1.29 is 17.9 Å². The van der Waals surface area contributed by atoms with E-state index in [1.165, 1.54) is 10.4 Å². The van der Waals surface area contributed by atoms with Gasteiger partial charge in [0.2, 0.25) is 10.0 Å². The number of hydrogen-bond acceptors (Lipinski definition) is 4. The Labute approximate surface area is 166 Å². The van der Waals surface area contributed by atoms with Gasteiger partial charge >= 0.3 is 0 Å². The summed E-state index contributed by atoms with van der Waals surface area (Å²) in [6, 6.07) is 13.7. The van der Waals surface area contributed by atoms with Crippen LogP contribution in [0.1, 0.15) is 35.7 Å². The van der Waals surface area contributed by atoms with E-state index in [4.69, 9.17) is 4.74 Å². The van der Waals surface area contributed by atoms with E-state index in [-0.39, 0.29) is 10.8 Å². The standard InChI is InChI=1S/C21H26N2O4S/c1-16-9-11-23(12-10-16)28(25,26)20-8-4-6-18(14-20)21(24)22-15-17-5-3-7-19(13-17)27-2/h3-8,13-14,16H,9-12,15H2,1-2H3,(H,22,24). The number of amides is 1. The van der Waals surface area contributed by atoms with E-state index in [1.807, 2.05) is 24.3 Å². The molecule has 0 aliphatic carbocycles. The fourth-order valence-corrected chi connectivity index (χ4v) is 4.76. The molecule has 0 radical (unpaired) electrons. The Hall–Kier alpha value is -2.38. The highest BCUT2D eigenvalue weighted by Gasteiger charge is 2.28. The van der Waals surface area contributed by atoms with Gasteiger partial charge in [-0.3, -0.25) is 4.79 Å². The Kier molecular flexibility index (Phi) is 6.36. The first-order valence-corrected chi connectivity index (χ1v) is 10.9. The van der Waals surface area contributed by atoms with Crippen LogP contribution in [-0.2, 0) is 16.6 Å². The van der Waals surface area contributed by atoms with Crippen molar-refractivity contribution in [1.29, 1.82) is 0 Å². The minimum Gasteiger partial charge on any atom is -0.497 e. The third-order valence-corrected chi connectivity index (χ3v) is 6.96. The summed E-state index contributed by atoms with van der Waals surface area (Å²) >= 11 is 0. The van der Waals surface area contributed by atoms with E-state index < -0.39 is 10.0 Å². The zero-order chi connectivity index (χ0) is 20.1. The lowest BCUT2D eigenvalue weighted by Crippen LogP contribution is -2.38. The minimum absolute atomic E-state index is 0.163. The molecule has 0 saturated carbocycles. The van der Waals surface area contributed by atoms with Crippen LogP contribution in [0.2, 0.25) is 0 Å². The fraction of sp³-hybridized carbons (Fsp3) is 0.381. The van der Waals surface area contributed by atoms with Crippen LogP contribution < -0.4 is 10.1 Å². The first kappa shape index (κ1) is 20.4. The maximum Gasteiger partial charge on any atom is 0.251 e. The van der Waals surface area contributed by atoms with E-state index in [1.54, 1.807) is 25.3 Å². The molecule has 7 heteroatoms. The monoisotopic (exact) mass is 402 g/mol. The van der Waals surface area contributed by atoms with Crippen molar-refractivity contribution in [2.45, 2.75) is 31.2 Å². The summed E-state index contributed by atoms with van der Waals surface area (Å²) in [5.41, 5.74) is 1.23. The normalized spacial score (nSPS) is 15.9. The molecule has 0 bridgehead atoms. The summed E-state index contributed by atoms with van der Waals surface area (Å²) < 4.78 is 32.5. The average molecular weight is 403 g/mol. The second-order valence-corrected chi connectivity index (χ2v) is 9.09. The number of rotatable bonds is 6. The van der Waals surface area contributed by atoms with Gasteiger partial charge in [-0.05, 0) is 54.7 Å². The van der Waals surface area contributed by atoms with Gasteiger partial charge in [-0.1, -0.05) is 25.1 Å². The molecule has 3 rings (SSSR count). The predicted octanol–water partition coefficient (Wildman–Crippen LogP) is 3.05. The summed E-state index contributed by atoms with van der Waals surface area (Å²) in [5.74, 6) is 0.947. The third-order valence-electron chi connectivity index (χ3n) is 5.06. The lowest BCUT2D eigenvalue weighted by molar-refractivity contribution is 0.0950. The summed E-state index contributed by atoms with van der Waals surface area (Å²) in [7, 11) is -1.99. The fourth-order valence-electron chi connectivity index (χ4n) is 3.24. The highest BCUT2D eigenvalue weighted by molar-refractivity contribution is 7.89. The second kappa shape index (κ2) is 8.75. The molecular weight excluding hydrogens is 376 g/mol. The Morgan fingerprint density at radius 2 is 1.86 bits per heavy atom. The molecule has 2 aromatic carbocycles. The molecular formula is C21H26N2O4S. The van der Waals surface area contributed by atoms with Crippen LogP contribution >= 0.6 is 0 Å². The molecule has 6 nitrogen and oxygen atoms in total. The molecule has 1 amide bonds. The molecule has 150 valence electrons. The van der Waals surface area contributed by atoms with Crippen molar-refractivity contribution in [3.05, 3.63) is 59.7 Å². The van der Waals surface area contributed by atoms with Crippen LogP contribution in [0.15, 0.2) is 53.4 Å². The number of benzene rings is 2. The smallest absolute Gasteiger partial charge is 0.251 e. The van der Waals surface area contributed by atoms with E-state index in [0.29, 0.717) is 31.1 Å². The van der Waals surface area contributed by atoms with Gasteiger partial charge in [-0.2, -0.15) is 4.31 Å². The number of nitrogens with zero attached hydrogens (tertiary/aromatic N) is 1. The van der Waals surface area contributed by atoms with Gasteiger partial charge in [0.05, 0.1) is 12.0 Å². The van der Waals surface area contributed by atoms with Crippen molar-refractivity contribution >= 4 is 15.9 Å². The van der Waals surface area contributed by atoms with Crippen LogP contribution in [0.3, 0.4) is 0 Å². The van der Waals surface area contributed by atoms with Gasteiger partial charge < -0.3 is 10.1 Å². The Bertz CT molecular complexity index is 935. The number of sulfonamides is 1. The van der Waals surface area contributed by atoms with Crippen molar-refractivity contribution in [1.82, 2.24) is 9.62 Å². The van der Waals surface area contributed by atoms with Crippen LogP contribution in [0, 0.1) is 5.92 Å². The first-order valence-electron chi connectivity index (χ1n) is 9.41. The molecule has 0 spiro atoms. The highest BCUT2D eigenvalue weighted by atomic mass is 32.2. The summed E-state index contributed by atoms with van der Waals surface area (Å²) in [6.45, 7) is 3.51. The van der Waals surface area contributed by atoms with E-state index >= 15 is 0 Å². The van der Waals surface area contributed by atoms with E-state index in [2.05, 4.69) is 12.2 Å². The largest absolute Gasteiger partial charge is 0.497 e.